The van der Waals surface area contributed by atoms with Crippen LogP contribution in [-0.4, -0.2) is 14.9 Å². The molecule has 2 heterocycles. The molecule has 2 aromatic heterocycles. The van der Waals surface area contributed by atoms with Gasteiger partial charge in [0.1, 0.15) is 18.1 Å². The minimum absolute atomic E-state index is 0.136. The van der Waals surface area contributed by atoms with Crippen molar-refractivity contribution in [1.29, 1.82) is 0 Å². The molecule has 0 saturated heterocycles. The topological polar surface area (TPSA) is 51.2 Å². The summed E-state index contributed by atoms with van der Waals surface area (Å²) in [5.41, 5.74) is 2.88. The normalized spacial score (nSPS) is 11.2. The lowest BCUT2D eigenvalue weighted by Gasteiger charge is -2.03. The second-order valence-corrected chi connectivity index (χ2v) is 6.01. The Morgan fingerprint density at radius 2 is 1.88 bits per heavy atom. The standard InChI is InChI=1S/C19H15ClN2O2/c20-14-6-8-17-16(10-14)19(18-9-7-15(12-23)24-18)21-22(17)11-13-4-2-1-3-5-13/h1-10,23H,11-12H2. The molecule has 0 radical (unpaired) electrons. The monoisotopic (exact) mass is 338 g/mol. The van der Waals surface area contributed by atoms with Gasteiger partial charge in [0.25, 0.3) is 0 Å². The zero-order valence-electron chi connectivity index (χ0n) is 12.8. The Morgan fingerprint density at radius 1 is 1.04 bits per heavy atom. The summed E-state index contributed by atoms with van der Waals surface area (Å²) in [6.07, 6.45) is 0. The smallest absolute Gasteiger partial charge is 0.155 e. The van der Waals surface area contributed by atoms with Gasteiger partial charge in [-0.25, -0.2) is 0 Å². The molecular weight excluding hydrogens is 324 g/mol. The van der Waals surface area contributed by atoms with Crippen molar-refractivity contribution in [2.45, 2.75) is 13.2 Å². The minimum Gasteiger partial charge on any atom is -0.457 e. The van der Waals surface area contributed by atoms with Gasteiger partial charge in [-0.05, 0) is 35.9 Å². The third-order valence-corrected chi connectivity index (χ3v) is 4.17. The molecule has 4 rings (SSSR count). The summed E-state index contributed by atoms with van der Waals surface area (Å²) in [7, 11) is 0. The molecule has 4 aromatic rings. The summed E-state index contributed by atoms with van der Waals surface area (Å²) in [4.78, 5) is 0. The van der Waals surface area contributed by atoms with Gasteiger partial charge < -0.3 is 9.52 Å². The maximum absolute atomic E-state index is 9.21. The Hall–Kier alpha value is -2.56. The molecule has 0 unspecified atom stereocenters. The summed E-state index contributed by atoms with van der Waals surface area (Å²) in [6, 6.07) is 19.4. The Labute approximate surface area is 143 Å². The molecule has 120 valence electrons. The molecule has 24 heavy (non-hydrogen) atoms. The maximum Gasteiger partial charge on any atom is 0.155 e. The van der Waals surface area contributed by atoms with E-state index in [2.05, 4.69) is 12.1 Å². The highest BCUT2D eigenvalue weighted by Crippen LogP contribution is 2.31. The Morgan fingerprint density at radius 3 is 2.62 bits per heavy atom. The molecule has 0 aliphatic carbocycles. The first-order chi connectivity index (χ1) is 11.7. The van der Waals surface area contributed by atoms with Crippen molar-refractivity contribution < 1.29 is 9.52 Å². The number of aliphatic hydroxyl groups excluding tert-OH is 1. The highest BCUT2D eigenvalue weighted by molar-refractivity contribution is 6.31. The highest BCUT2D eigenvalue weighted by atomic mass is 35.5. The van der Waals surface area contributed by atoms with Crippen molar-refractivity contribution in [1.82, 2.24) is 9.78 Å². The largest absolute Gasteiger partial charge is 0.457 e. The third kappa shape index (κ3) is 2.70. The van der Waals surface area contributed by atoms with E-state index in [-0.39, 0.29) is 6.61 Å². The SMILES string of the molecule is OCc1ccc(-c2nn(Cc3ccccc3)c3ccc(Cl)cc23)o1. The van der Waals surface area contributed by atoms with Gasteiger partial charge >= 0.3 is 0 Å². The number of furan rings is 1. The second-order valence-electron chi connectivity index (χ2n) is 5.58. The Kier molecular flexibility index (Phi) is 3.84. The van der Waals surface area contributed by atoms with E-state index in [9.17, 15) is 5.11 Å². The van der Waals surface area contributed by atoms with Crippen LogP contribution in [0, 0.1) is 0 Å². The maximum atomic E-state index is 9.21. The fraction of sp³-hybridized carbons (Fsp3) is 0.105. The highest BCUT2D eigenvalue weighted by Gasteiger charge is 2.16. The van der Waals surface area contributed by atoms with E-state index < -0.39 is 0 Å². The van der Waals surface area contributed by atoms with Crippen molar-refractivity contribution in [2.75, 3.05) is 0 Å². The molecule has 2 aromatic carbocycles. The third-order valence-electron chi connectivity index (χ3n) is 3.94. The van der Waals surface area contributed by atoms with Crippen LogP contribution in [0.3, 0.4) is 0 Å². The number of hydrogen-bond acceptors (Lipinski definition) is 3. The van der Waals surface area contributed by atoms with Crippen molar-refractivity contribution in [3.05, 3.63) is 77.0 Å². The van der Waals surface area contributed by atoms with Crippen LogP contribution < -0.4 is 0 Å². The molecule has 0 spiro atoms. The predicted molar refractivity (Wildman–Crippen MR) is 93.9 cm³/mol. The van der Waals surface area contributed by atoms with Crippen molar-refractivity contribution in [2.24, 2.45) is 0 Å². The van der Waals surface area contributed by atoms with E-state index in [1.54, 1.807) is 6.07 Å². The van der Waals surface area contributed by atoms with Crippen LogP contribution in [0.15, 0.2) is 65.1 Å². The first-order valence-corrected chi connectivity index (χ1v) is 8.02. The Balaban J connectivity index is 1.86. The van der Waals surface area contributed by atoms with Crippen molar-refractivity contribution in [3.8, 4) is 11.5 Å². The Bertz CT molecular complexity index is 989. The van der Waals surface area contributed by atoms with Gasteiger partial charge in [-0.3, -0.25) is 4.68 Å². The first kappa shape index (κ1) is 15.0. The lowest BCUT2D eigenvalue weighted by atomic mass is 10.2. The average Bonchev–Trinajstić information content (AvgIpc) is 3.20. The summed E-state index contributed by atoms with van der Waals surface area (Å²) < 4.78 is 7.60. The van der Waals surface area contributed by atoms with Crippen LogP contribution in [0.5, 0.6) is 0 Å². The fourth-order valence-electron chi connectivity index (χ4n) is 2.80. The number of fused-ring (bicyclic) bond motifs is 1. The molecule has 0 bridgehead atoms. The van der Waals surface area contributed by atoms with Crippen LogP contribution in [0.25, 0.3) is 22.4 Å². The number of benzene rings is 2. The summed E-state index contributed by atoms with van der Waals surface area (Å²) >= 11 is 6.17. The molecule has 0 aliphatic rings. The number of aromatic nitrogens is 2. The zero-order chi connectivity index (χ0) is 16.5. The minimum atomic E-state index is -0.136. The van der Waals surface area contributed by atoms with Gasteiger partial charge in [-0.1, -0.05) is 41.9 Å². The lowest BCUT2D eigenvalue weighted by Crippen LogP contribution is -2.01. The van der Waals surface area contributed by atoms with Gasteiger partial charge in [0.2, 0.25) is 0 Å². The van der Waals surface area contributed by atoms with Crippen LogP contribution in [0.4, 0.5) is 0 Å². The number of rotatable bonds is 4. The number of nitrogens with zero attached hydrogens (tertiary/aromatic N) is 2. The molecule has 0 amide bonds. The van der Waals surface area contributed by atoms with Crippen LogP contribution in [-0.2, 0) is 13.2 Å². The molecule has 1 N–H and O–H groups in total. The zero-order valence-corrected chi connectivity index (χ0v) is 13.6. The average molecular weight is 339 g/mol. The molecule has 0 fully saturated rings. The van der Waals surface area contributed by atoms with Crippen LogP contribution in [0.1, 0.15) is 11.3 Å². The van der Waals surface area contributed by atoms with Gasteiger partial charge in [-0.2, -0.15) is 5.10 Å². The van der Waals surface area contributed by atoms with Crippen molar-refractivity contribution in [3.63, 3.8) is 0 Å². The van der Waals surface area contributed by atoms with Crippen LogP contribution >= 0.6 is 11.6 Å². The number of halogens is 1. The van der Waals surface area contributed by atoms with Gasteiger partial charge in [0.05, 0.1) is 12.1 Å². The molecule has 5 heteroatoms. The van der Waals surface area contributed by atoms with Crippen LogP contribution in [0.2, 0.25) is 5.02 Å². The fourth-order valence-corrected chi connectivity index (χ4v) is 2.97. The van der Waals surface area contributed by atoms with E-state index in [0.717, 1.165) is 16.6 Å². The predicted octanol–water partition coefficient (Wildman–Crippen LogP) is 4.49. The van der Waals surface area contributed by atoms with E-state index >= 15 is 0 Å². The van der Waals surface area contributed by atoms with Gasteiger partial charge in [0.15, 0.2) is 5.76 Å². The quantitative estimate of drug-likeness (QED) is 0.596. The lowest BCUT2D eigenvalue weighted by molar-refractivity contribution is 0.248. The molecule has 0 saturated carbocycles. The molecule has 4 nitrogen and oxygen atoms in total. The summed E-state index contributed by atoms with van der Waals surface area (Å²) in [5.74, 6) is 1.14. The molecule has 0 atom stereocenters. The van der Waals surface area contributed by atoms with E-state index in [0.29, 0.717) is 23.1 Å². The van der Waals surface area contributed by atoms with Crippen molar-refractivity contribution >= 4 is 22.5 Å². The van der Waals surface area contributed by atoms with E-state index in [1.807, 2.05) is 47.1 Å². The summed E-state index contributed by atoms with van der Waals surface area (Å²) in [6.45, 7) is 0.524. The molecule has 0 aliphatic heterocycles. The number of aliphatic hydroxyl groups is 1. The molecular formula is C19H15ClN2O2. The van der Waals surface area contributed by atoms with Gasteiger partial charge in [0, 0.05) is 10.4 Å². The van der Waals surface area contributed by atoms with Gasteiger partial charge in [-0.15, -0.1) is 0 Å². The van der Waals surface area contributed by atoms with E-state index in [1.165, 1.54) is 5.56 Å². The van der Waals surface area contributed by atoms with E-state index in [4.69, 9.17) is 21.1 Å². The summed E-state index contributed by atoms with van der Waals surface area (Å²) in [5, 5.41) is 15.5. The second kappa shape index (κ2) is 6.15. The number of hydrogen-bond donors (Lipinski definition) is 1. The first-order valence-electron chi connectivity index (χ1n) is 7.64.